The Balaban J connectivity index is 2.04. The van der Waals surface area contributed by atoms with E-state index in [1.165, 1.54) is 6.39 Å². The summed E-state index contributed by atoms with van der Waals surface area (Å²) in [5.41, 5.74) is 3.64. The predicted molar refractivity (Wildman–Crippen MR) is 79.0 cm³/mol. The molecule has 0 saturated carbocycles. The zero-order valence-corrected chi connectivity index (χ0v) is 12.5. The van der Waals surface area contributed by atoms with Crippen molar-refractivity contribution in [2.45, 2.75) is 27.2 Å². The minimum atomic E-state index is -0.154. The number of carbonyl (C=O) groups is 1. The molecule has 1 amide bonds. The van der Waals surface area contributed by atoms with Gasteiger partial charge in [0, 0.05) is 0 Å². The molecule has 0 bridgehead atoms. The number of amides is 1. The fourth-order valence-electron chi connectivity index (χ4n) is 2.71. The molecule has 0 N–H and O–H groups in total. The summed E-state index contributed by atoms with van der Waals surface area (Å²) in [6, 6.07) is 4.03. The maximum absolute atomic E-state index is 12.8. The van der Waals surface area contributed by atoms with Crippen LogP contribution in [-0.4, -0.2) is 24.0 Å². The van der Waals surface area contributed by atoms with Gasteiger partial charge >= 0.3 is 0 Å². The lowest BCUT2D eigenvalue weighted by molar-refractivity contribution is 0.0948. The van der Waals surface area contributed by atoms with Crippen LogP contribution in [-0.2, 0) is 6.42 Å². The molecule has 110 valence electrons. The van der Waals surface area contributed by atoms with Gasteiger partial charge in [0.05, 0.1) is 17.9 Å². The minimum Gasteiger partial charge on any atom is -0.489 e. The summed E-state index contributed by atoms with van der Waals surface area (Å²) in [5.74, 6) is 0.946. The van der Waals surface area contributed by atoms with E-state index >= 15 is 0 Å². The van der Waals surface area contributed by atoms with Crippen molar-refractivity contribution in [3.8, 4) is 5.75 Å². The molecule has 0 atom stereocenters. The average Bonchev–Trinajstić information content (AvgIpc) is 2.94. The molecular weight excluding hydrogens is 268 g/mol. The van der Waals surface area contributed by atoms with Crippen molar-refractivity contribution >= 4 is 11.6 Å². The van der Waals surface area contributed by atoms with Crippen molar-refractivity contribution in [1.29, 1.82) is 0 Å². The van der Waals surface area contributed by atoms with Crippen LogP contribution in [0.1, 0.15) is 34.3 Å². The third-order valence-electron chi connectivity index (χ3n) is 3.67. The molecule has 2 heterocycles. The highest BCUT2D eigenvalue weighted by Crippen LogP contribution is 2.36. The van der Waals surface area contributed by atoms with Crippen LogP contribution >= 0.6 is 0 Å². The smallest absolute Gasteiger partial charge is 0.296 e. The van der Waals surface area contributed by atoms with Crippen molar-refractivity contribution < 1.29 is 13.9 Å². The monoisotopic (exact) mass is 286 g/mol. The Bertz CT molecular complexity index is 691. The van der Waals surface area contributed by atoms with E-state index < -0.39 is 0 Å². The Hall–Kier alpha value is -2.30. The molecule has 1 aliphatic heterocycles. The Labute approximate surface area is 123 Å². The van der Waals surface area contributed by atoms with E-state index in [1.54, 1.807) is 4.90 Å². The standard InChI is InChI=1S/C16H18N2O3/c1-4-12-15(21-9-17-12)16(19)18-5-6-20-14-11(3)7-10(2)8-13(14)18/h7-9H,4-6H2,1-3H3. The molecule has 1 aromatic heterocycles. The lowest BCUT2D eigenvalue weighted by Gasteiger charge is -2.30. The number of hydrogen-bond acceptors (Lipinski definition) is 4. The molecule has 0 radical (unpaired) electrons. The van der Waals surface area contributed by atoms with Gasteiger partial charge in [0.25, 0.3) is 5.91 Å². The van der Waals surface area contributed by atoms with E-state index in [2.05, 4.69) is 11.1 Å². The van der Waals surface area contributed by atoms with Gasteiger partial charge in [-0.05, 0) is 37.5 Å². The number of aryl methyl sites for hydroxylation is 3. The maximum atomic E-state index is 12.8. The Kier molecular flexibility index (Phi) is 3.41. The molecule has 21 heavy (non-hydrogen) atoms. The molecule has 5 heteroatoms. The van der Waals surface area contributed by atoms with Crippen LogP contribution in [0.25, 0.3) is 0 Å². The third-order valence-corrected chi connectivity index (χ3v) is 3.67. The predicted octanol–water partition coefficient (Wildman–Crippen LogP) is 2.89. The van der Waals surface area contributed by atoms with Gasteiger partial charge in [0.1, 0.15) is 12.4 Å². The van der Waals surface area contributed by atoms with E-state index in [0.717, 1.165) is 22.6 Å². The third kappa shape index (κ3) is 2.28. The first kappa shape index (κ1) is 13.7. The molecule has 0 aliphatic carbocycles. The van der Waals surface area contributed by atoms with E-state index in [0.29, 0.717) is 31.0 Å². The number of nitrogens with zero attached hydrogens (tertiary/aromatic N) is 2. The van der Waals surface area contributed by atoms with Crippen LogP contribution in [0, 0.1) is 13.8 Å². The first-order valence-electron chi connectivity index (χ1n) is 7.10. The Morgan fingerprint density at radius 3 is 2.95 bits per heavy atom. The minimum absolute atomic E-state index is 0.154. The van der Waals surface area contributed by atoms with Gasteiger partial charge in [0.2, 0.25) is 5.76 Å². The van der Waals surface area contributed by atoms with Crippen molar-refractivity contribution in [3.05, 3.63) is 41.1 Å². The lowest BCUT2D eigenvalue weighted by atomic mass is 10.1. The summed E-state index contributed by atoms with van der Waals surface area (Å²) in [7, 11) is 0. The first-order valence-corrected chi connectivity index (χ1v) is 7.10. The molecule has 0 unspecified atom stereocenters. The number of hydrogen-bond donors (Lipinski definition) is 0. The summed E-state index contributed by atoms with van der Waals surface area (Å²) >= 11 is 0. The van der Waals surface area contributed by atoms with Crippen molar-refractivity contribution in [1.82, 2.24) is 4.98 Å². The number of oxazole rings is 1. The number of anilines is 1. The van der Waals surface area contributed by atoms with Gasteiger partial charge in [-0.25, -0.2) is 4.98 Å². The number of fused-ring (bicyclic) bond motifs is 1. The summed E-state index contributed by atoms with van der Waals surface area (Å²) in [5, 5.41) is 0. The van der Waals surface area contributed by atoms with Gasteiger partial charge in [-0.3, -0.25) is 9.69 Å². The maximum Gasteiger partial charge on any atom is 0.296 e. The first-order chi connectivity index (χ1) is 10.1. The second-order valence-corrected chi connectivity index (χ2v) is 5.22. The van der Waals surface area contributed by atoms with Crippen LogP contribution in [0.15, 0.2) is 22.9 Å². The van der Waals surface area contributed by atoms with Crippen molar-refractivity contribution in [2.24, 2.45) is 0 Å². The zero-order chi connectivity index (χ0) is 15.0. The van der Waals surface area contributed by atoms with Crippen LogP contribution in [0.3, 0.4) is 0 Å². The Morgan fingerprint density at radius 1 is 1.38 bits per heavy atom. The van der Waals surface area contributed by atoms with Crippen molar-refractivity contribution in [2.75, 3.05) is 18.1 Å². The van der Waals surface area contributed by atoms with Gasteiger partial charge in [0.15, 0.2) is 6.39 Å². The quantitative estimate of drug-likeness (QED) is 0.851. The second kappa shape index (κ2) is 5.24. The molecule has 1 aliphatic rings. The van der Waals surface area contributed by atoms with Crippen molar-refractivity contribution in [3.63, 3.8) is 0 Å². The average molecular weight is 286 g/mol. The van der Waals surface area contributed by atoms with Gasteiger partial charge in [-0.1, -0.05) is 13.0 Å². The van der Waals surface area contributed by atoms with E-state index in [1.807, 2.05) is 26.8 Å². The summed E-state index contributed by atoms with van der Waals surface area (Å²) in [6.45, 7) is 6.95. The normalized spacial score (nSPS) is 13.8. The second-order valence-electron chi connectivity index (χ2n) is 5.22. The number of benzene rings is 1. The zero-order valence-electron chi connectivity index (χ0n) is 12.5. The summed E-state index contributed by atoms with van der Waals surface area (Å²) in [6.07, 6.45) is 2.00. The highest BCUT2D eigenvalue weighted by atomic mass is 16.5. The summed E-state index contributed by atoms with van der Waals surface area (Å²) < 4.78 is 11.0. The van der Waals surface area contributed by atoms with Crippen LogP contribution in [0.2, 0.25) is 0 Å². The molecular formula is C16H18N2O3. The molecule has 0 saturated heterocycles. The fourth-order valence-corrected chi connectivity index (χ4v) is 2.71. The lowest BCUT2D eigenvalue weighted by Crippen LogP contribution is -2.38. The van der Waals surface area contributed by atoms with Gasteiger partial charge in [-0.2, -0.15) is 0 Å². The molecule has 0 spiro atoms. The molecule has 5 nitrogen and oxygen atoms in total. The highest BCUT2D eigenvalue weighted by Gasteiger charge is 2.29. The molecule has 2 aromatic rings. The number of ether oxygens (including phenoxy) is 1. The Morgan fingerprint density at radius 2 is 2.19 bits per heavy atom. The highest BCUT2D eigenvalue weighted by molar-refractivity contribution is 6.06. The summed E-state index contributed by atoms with van der Waals surface area (Å²) in [4.78, 5) is 18.6. The van der Waals surface area contributed by atoms with E-state index in [9.17, 15) is 4.79 Å². The molecule has 3 rings (SSSR count). The largest absolute Gasteiger partial charge is 0.489 e. The van der Waals surface area contributed by atoms with E-state index in [4.69, 9.17) is 9.15 Å². The van der Waals surface area contributed by atoms with Gasteiger partial charge < -0.3 is 9.15 Å². The fraction of sp³-hybridized carbons (Fsp3) is 0.375. The topological polar surface area (TPSA) is 55.6 Å². The SMILES string of the molecule is CCc1ncoc1C(=O)N1CCOc2c(C)cc(C)cc21. The molecule has 0 fully saturated rings. The number of carbonyl (C=O) groups excluding carboxylic acids is 1. The number of rotatable bonds is 2. The van der Waals surface area contributed by atoms with Crippen LogP contribution < -0.4 is 9.64 Å². The van der Waals surface area contributed by atoms with E-state index in [-0.39, 0.29) is 5.91 Å². The molecule has 1 aromatic carbocycles. The van der Waals surface area contributed by atoms with Crippen LogP contribution in [0.5, 0.6) is 5.75 Å². The van der Waals surface area contributed by atoms with Gasteiger partial charge in [-0.15, -0.1) is 0 Å². The van der Waals surface area contributed by atoms with Crippen LogP contribution in [0.4, 0.5) is 5.69 Å². The number of aromatic nitrogens is 1.